The minimum atomic E-state index is -0.305. The Morgan fingerprint density at radius 1 is 1.38 bits per heavy atom. The predicted molar refractivity (Wildman–Crippen MR) is 93.9 cm³/mol. The Morgan fingerprint density at radius 3 is 3.08 bits per heavy atom. The van der Waals surface area contributed by atoms with E-state index in [9.17, 15) is 9.59 Å². The highest BCUT2D eigenvalue weighted by atomic mass is 16.5. The van der Waals surface area contributed by atoms with Crippen molar-refractivity contribution in [2.75, 3.05) is 6.61 Å². The maximum atomic E-state index is 12.7. The summed E-state index contributed by atoms with van der Waals surface area (Å²) in [5, 5.41) is 9.27. The van der Waals surface area contributed by atoms with Crippen LogP contribution in [0.5, 0.6) is 0 Å². The first kappa shape index (κ1) is 16.5. The van der Waals surface area contributed by atoms with Crippen molar-refractivity contribution in [3.8, 4) is 11.3 Å². The average Bonchev–Trinajstić information content (AvgIpc) is 3.30. The van der Waals surface area contributed by atoms with Crippen LogP contribution in [0.2, 0.25) is 0 Å². The summed E-state index contributed by atoms with van der Waals surface area (Å²) < 4.78 is 7.49. The van der Waals surface area contributed by atoms with Gasteiger partial charge < -0.3 is 14.6 Å². The molecule has 8 nitrogen and oxygen atoms in total. The third-order valence-electron chi connectivity index (χ3n) is 4.45. The fraction of sp³-hybridized carbons (Fsp3) is 0.333. The van der Waals surface area contributed by atoms with Crippen LogP contribution in [-0.2, 0) is 17.8 Å². The van der Waals surface area contributed by atoms with E-state index in [1.54, 1.807) is 18.6 Å². The smallest absolute Gasteiger partial charge is 0.275 e. The van der Waals surface area contributed by atoms with Gasteiger partial charge in [-0.1, -0.05) is 6.07 Å². The summed E-state index contributed by atoms with van der Waals surface area (Å²) in [6, 6.07) is 5.52. The molecule has 0 radical (unpaired) electrons. The summed E-state index contributed by atoms with van der Waals surface area (Å²) in [5.74, 6) is -0.297. The topological polar surface area (TPSA) is 102 Å². The van der Waals surface area contributed by atoms with E-state index in [0.29, 0.717) is 29.9 Å². The lowest BCUT2D eigenvalue weighted by Gasteiger charge is -2.16. The van der Waals surface area contributed by atoms with Crippen molar-refractivity contribution in [3.63, 3.8) is 0 Å². The summed E-state index contributed by atoms with van der Waals surface area (Å²) in [6.07, 6.45) is 7.22. The van der Waals surface area contributed by atoms with Crippen molar-refractivity contribution < 1.29 is 9.53 Å². The Kier molecular flexibility index (Phi) is 4.49. The number of rotatable bonds is 5. The monoisotopic (exact) mass is 353 g/mol. The van der Waals surface area contributed by atoms with E-state index in [0.717, 1.165) is 25.1 Å². The van der Waals surface area contributed by atoms with E-state index < -0.39 is 0 Å². The standard InChI is InChI=1S/C18H19N5O3/c24-17(20-8-12-4-1-2-6-19-12)14-10-23(9-13-5-3-7-26-13)11-15-16(14)21-22-18(15)25/h1-2,4,6,10-11,13H,3,5,7-9H2,(H,20,24)(H,22,25)/t13-/m1/s1. The third kappa shape index (κ3) is 3.36. The van der Waals surface area contributed by atoms with E-state index in [4.69, 9.17) is 4.74 Å². The molecule has 0 saturated carbocycles. The van der Waals surface area contributed by atoms with Crippen molar-refractivity contribution in [2.24, 2.45) is 0 Å². The predicted octanol–water partition coefficient (Wildman–Crippen LogP) is 1.18. The van der Waals surface area contributed by atoms with Crippen molar-refractivity contribution >= 4 is 5.91 Å². The van der Waals surface area contributed by atoms with Crippen LogP contribution in [0.15, 0.2) is 41.6 Å². The molecule has 1 saturated heterocycles. The molecule has 1 amide bonds. The lowest BCUT2D eigenvalue weighted by Crippen LogP contribution is -2.26. The normalized spacial score (nSPS) is 16.8. The molecule has 0 aromatic carbocycles. The quantitative estimate of drug-likeness (QED) is 0.717. The molecule has 3 aliphatic heterocycles. The van der Waals surface area contributed by atoms with Crippen LogP contribution < -0.4 is 10.9 Å². The van der Waals surface area contributed by atoms with E-state index in [-0.39, 0.29) is 17.6 Å². The van der Waals surface area contributed by atoms with Crippen molar-refractivity contribution in [1.82, 2.24) is 25.1 Å². The largest absolute Gasteiger partial charge is 0.376 e. The maximum Gasteiger partial charge on any atom is 0.275 e. The molecule has 0 unspecified atom stereocenters. The number of hydrogen-bond donors (Lipinski definition) is 2. The molecule has 0 spiro atoms. The highest BCUT2D eigenvalue weighted by Gasteiger charge is 2.23. The second-order valence-electron chi connectivity index (χ2n) is 6.32. The van der Waals surface area contributed by atoms with Gasteiger partial charge in [-0.15, -0.1) is 0 Å². The molecule has 8 heteroatoms. The van der Waals surface area contributed by atoms with Gasteiger partial charge in [0.2, 0.25) is 0 Å². The Hall–Kier alpha value is -3.00. The lowest BCUT2D eigenvalue weighted by atomic mass is 10.1. The minimum Gasteiger partial charge on any atom is -0.376 e. The van der Waals surface area contributed by atoms with Gasteiger partial charge in [0.25, 0.3) is 11.5 Å². The number of carbonyl (C=O) groups is 1. The SMILES string of the molecule is O=C(NCc1ccccn1)c1cn(C[C@H]2CCCO2)cc2c(=O)[nH]nc1-2. The number of hydrogen-bond acceptors (Lipinski definition) is 5. The van der Waals surface area contributed by atoms with E-state index >= 15 is 0 Å². The molecule has 26 heavy (non-hydrogen) atoms. The molecule has 0 aliphatic carbocycles. The molecular formula is C18H19N5O3. The fourth-order valence-corrected chi connectivity index (χ4v) is 3.15. The number of nitrogens with zero attached hydrogens (tertiary/aromatic N) is 3. The minimum absolute atomic E-state index is 0.101. The van der Waals surface area contributed by atoms with Crippen molar-refractivity contribution in [2.45, 2.75) is 32.0 Å². The summed E-state index contributed by atoms with van der Waals surface area (Å²) in [7, 11) is 0. The molecule has 4 rings (SSSR count). The van der Waals surface area contributed by atoms with Gasteiger partial charge in [-0.05, 0) is 25.0 Å². The molecule has 1 atom stereocenters. The number of ether oxygens (including phenoxy) is 1. The van der Waals surface area contributed by atoms with E-state index in [2.05, 4.69) is 20.5 Å². The van der Waals surface area contributed by atoms with Gasteiger partial charge in [0.05, 0.1) is 29.5 Å². The summed E-state index contributed by atoms with van der Waals surface area (Å²) in [5.41, 5.74) is 1.58. The van der Waals surface area contributed by atoms with E-state index in [1.807, 2.05) is 22.8 Å². The number of H-pyrrole nitrogens is 1. The van der Waals surface area contributed by atoms with Gasteiger partial charge in [0.15, 0.2) is 0 Å². The number of carbonyl (C=O) groups excluding carboxylic acids is 1. The second kappa shape index (κ2) is 7.09. The van der Waals surface area contributed by atoms with Gasteiger partial charge in [-0.3, -0.25) is 14.6 Å². The van der Waals surface area contributed by atoms with Crippen LogP contribution >= 0.6 is 0 Å². The first-order valence-corrected chi connectivity index (χ1v) is 8.58. The Balaban J connectivity index is 1.59. The van der Waals surface area contributed by atoms with Crippen molar-refractivity contribution in [1.29, 1.82) is 0 Å². The molecular weight excluding hydrogens is 334 g/mol. The molecule has 1 aromatic heterocycles. The summed E-state index contributed by atoms with van der Waals surface area (Å²) in [6.45, 7) is 1.65. The Labute approximate surface area is 149 Å². The Morgan fingerprint density at radius 2 is 2.31 bits per heavy atom. The highest BCUT2D eigenvalue weighted by Crippen LogP contribution is 2.22. The zero-order valence-electron chi connectivity index (χ0n) is 14.1. The summed E-state index contributed by atoms with van der Waals surface area (Å²) >= 11 is 0. The number of fused-ring (bicyclic) bond motifs is 1. The van der Waals surface area contributed by atoms with E-state index in [1.165, 1.54) is 0 Å². The molecule has 4 heterocycles. The highest BCUT2D eigenvalue weighted by molar-refractivity contribution is 5.99. The van der Waals surface area contributed by atoms with Crippen LogP contribution in [0.1, 0.15) is 28.9 Å². The van der Waals surface area contributed by atoms with Crippen LogP contribution in [0.3, 0.4) is 0 Å². The molecule has 2 N–H and O–H groups in total. The second-order valence-corrected chi connectivity index (χ2v) is 6.32. The van der Waals surface area contributed by atoms with Crippen LogP contribution in [0.4, 0.5) is 0 Å². The third-order valence-corrected chi connectivity index (χ3v) is 4.45. The number of amides is 1. The van der Waals surface area contributed by atoms with Gasteiger partial charge in [-0.25, -0.2) is 5.10 Å². The van der Waals surface area contributed by atoms with Crippen LogP contribution in [0.25, 0.3) is 11.3 Å². The number of pyridine rings is 2. The summed E-state index contributed by atoms with van der Waals surface area (Å²) in [4.78, 5) is 28.9. The van der Waals surface area contributed by atoms with Crippen LogP contribution in [0, 0.1) is 0 Å². The number of aromatic nitrogens is 4. The lowest BCUT2D eigenvalue weighted by molar-refractivity contribution is 0.0935. The van der Waals surface area contributed by atoms with Gasteiger partial charge >= 0.3 is 0 Å². The van der Waals surface area contributed by atoms with Gasteiger partial charge in [0.1, 0.15) is 5.69 Å². The molecule has 3 aliphatic rings. The van der Waals surface area contributed by atoms with Gasteiger partial charge in [-0.2, -0.15) is 5.10 Å². The molecule has 0 bridgehead atoms. The van der Waals surface area contributed by atoms with Gasteiger partial charge in [0, 0.05) is 31.7 Å². The van der Waals surface area contributed by atoms with Crippen molar-refractivity contribution in [3.05, 3.63) is 58.4 Å². The Bertz CT molecular complexity index is 928. The maximum absolute atomic E-state index is 12.7. The first-order chi connectivity index (χ1) is 12.7. The molecule has 1 aromatic rings. The van der Waals surface area contributed by atoms with Crippen LogP contribution in [-0.4, -0.2) is 38.4 Å². The number of aromatic amines is 1. The zero-order chi connectivity index (χ0) is 17.9. The molecule has 134 valence electrons. The zero-order valence-corrected chi connectivity index (χ0v) is 14.1. The fourth-order valence-electron chi connectivity index (χ4n) is 3.15. The first-order valence-electron chi connectivity index (χ1n) is 8.58. The number of nitrogens with one attached hydrogen (secondary N) is 2. The average molecular weight is 353 g/mol. The molecule has 1 fully saturated rings.